The molecule has 2 aromatic heterocycles. The van der Waals surface area contributed by atoms with Crippen molar-refractivity contribution in [3.05, 3.63) is 46.4 Å². The van der Waals surface area contributed by atoms with Gasteiger partial charge in [-0.15, -0.1) is 11.3 Å². The first-order valence-electron chi connectivity index (χ1n) is 5.11. The van der Waals surface area contributed by atoms with Gasteiger partial charge in [-0.05, 0) is 23.6 Å². The van der Waals surface area contributed by atoms with E-state index in [0.717, 1.165) is 11.4 Å². The molecule has 0 aliphatic carbocycles. The van der Waals surface area contributed by atoms with Crippen LogP contribution in [-0.4, -0.2) is 12.0 Å². The van der Waals surface area contributed by atoms with Crippen LogP contribution in [0.4, 0.5) is 5.69 Å². The van der Waals surface area contributed by atoms with Gasteiger partial charge < -0.3 is 10.1 Å². The lowest BCUT2D eigenvalue weighted by molar-refractivity contribution is 0.106. The van der Waals surface area contributed by atoms with Gasteiger partial charge in [-0.2, -0.15) is 0 Å². The van der Waals surface area contributed by atoms with Crippen LogP contribution in [0.25, 0.3) is 0 Å². The number of hydrogen-bond acceptors (Lipinski definition) is 4. The summed E-state index contributed by atoms with van der Waals surface area (Å²) in [6.07, 6.45) is 1.79. The number of thiophene rings is 1. The first-order chi connectivity index (χ1) is 7.88. The van der Waals surface area contributed by atoms with E-state index in [1.165, 1.54) is 4.88 Å². The van der Waals surface area contributed by atoms with Crippen molar-refractivity contribution in [3.63, 3.8) is 0 Å². The van der Waals surface area contributed by atoms with Crippen LogP contribution in [0.2, 0.25) is 0 Å². The van der Waals surface area contributed by atoms with Crippen LogP contribution < -0.4 is 5.32 Å². The maximum absolute atomic E-state index is 5.58. The number of aromatic nitrogens is 1. The Balaban J connectivity index is 1.85. The monoisotopic (exact) mass is 234 g/mol. The summed E-state index contributed by atoms with van der Waals surface area (Å²) in [7, 11) is 1.89. The van der Waals surface area contributed by atoms with Crippen molar-refractivity contribution in [2.45, 2.75) is 13.2 Å². The molecule has 0 aliphatic rings. The van der Waals surface area contributed by atoms with E-state index in [9.17, 15) is 0 Å². The molecule has 2 heterocycles. The number of hydrogen-bond donors (Lipinski definition) is 1. The summed E-state index contributed by atoms with van der Waals surface area (Å²) in [6, 6.07) is 8.03. The van der Waals surface area contributed by atoms with Crippen LogP contribution >= 0.6 is 11.3 Å². The molecule has 84 valence electrons. The van der Waals surface area contributed by atoms with Gasteiger partial charge in [0.25, 0.3) is 0 Å². The van der Waals surface area contributed by atoms with Crippen molar-refractivity contribution in [3.8, 4) is 0 Å². The normalized spacial score (nSPS) is 10.3. The van der Waals surface area contributed by atoms with Gasteiger partial charge in [-0.1, -0.05) is 6.07 Å². The highest BCUT2D eigenvalue weighted by molar-refractivity contribution is 7.09. The molecule has 2 rings (SSSR count). The minimum atomic E-state index is 0.549. The fraction of sp³-hybridized carbons (Fsp3) is 0.250. The van der Waals surface area contributed by atoms with Crippen LogP contribution in [-0.2, 0) is 18.0 Å². The van der Waals surface area contributed by atoms with Gasteiger partial charge in [0.05, 0.1) is 18.9 Å². The molecule has 0 spiro atoms. The van der Waals surface area contributed by atoms with Crippen LogP contribution in [0, 0.1) is 0 Å². The topological polar surface area (TPSA) is 34.2 Å². The lowest BCUT2D eigenvalue weighted by atomic mass is 10.3. The van der Waals surface area contributed by atoms with Crippen molar-refractivity contribution < 1.29 is 4.74 Å². The molecule has 16 heavy (non-hydrogen) atoms. The highest BCUT2D eigenvalue weighted by atomic mass is 32.1. The molecule has 3 nitrogen and oxygen atoms in total. The van der Waals surface area contributed by atoms with Crippen molar-refractivity contribution in [2.75, 3.05) is 12.4 Å². The van der Waals surface area contributed by atoms with Gasteiger partial charge in [0, 0.05) is 23.8 Å². The third-order valence-electron chi connectivity index (χ3n) is 2.18. The largest absolute Gasteiger partial charge is 0.388 e. The van der Waals surface area contributed by atoms with E-state index in [2.05, 4.69) is 21.7 Å². The maximum Gasteiger partial charge on any atom is 0.0893 e. The van der Waals surface area contributed by atoms with Crippen LogP contribution in [0.3, 0.4) is 0 Å². The summed E-state index contributed by atoms with van der Waals surface area (Å²) in [5, 5.41) is 5.13. The van der Waals surface area contributed by atoms with Crippen molar-refractivity contribution >= 4 is 17.0 Å². The second-order valence-electron chi connectivity index (χ2n) is 3.36. The molecule has 4 heteroatoms. The highest BCUT2D eigenvalue weighted by Gasteiger charge is 1.98. The second kappa shape index (κ2) is 5.63. The predicted octanol–water partition coefficient (Wildman–Crippen LogP) is 2.90. The van der Waals surface area contributed by atoms with Crippen LogP contribution in [0.1, 0.15) is 10.6 Å². The van der Waals surface area contributed by atoms with Gasteiger partial charge in [0.1, 0.15) is 0 Å². The van der Waals surface area contributed by atoms with E-state index >= 15 is 0 Å². The molecule has 0 aromatic carbocycles. The third kappa shape index (κ3) is 3.05. The average Bonchev–Trinajstić information content (AvgIpc) is 2.82. The van der Waals surface area contributed by atoms with E-state index < -0.39 is 0 Å². The Kier molecular flexibility index (Phi) is 3.91. The first-order valence-corrected chi connectivity index (χ1v) is 5.99. The van der Waals surface area contributed by atoms with E-state index in [1.54, 1.807) is 17.5 Å². The molecule has 1 N–H and O–H groups in total. The van der Waals surface area contributed by atoms with Crippen molar-refractivity contribution in [1.29, 1.82) is 0 Å². The summed E-state index contributed by atoms with van der Waals surface area (Å²) >= 11 is 1.71. The molecule has 2 aromatic rings. The number of nitrogens with one attached hydrogen (secondary N) is 1. The number of nitrogens with zero attached hydrogens (tertiary/aromatic N) is 1. The highest BCUT2D eigenvalue weighted by Crippen LogP contribution is 2.12. The van der Waals surface area contributed by atoms with Crippen LogP contribution in [0.5, 0.6) is 0 Å². The first kappa shape index (κ1) is 11.1. The smallest absolute Gasteiger partial charge is 0.0893 e. The molecule has 0 saturated heterocycles. The molecule has 0 bridgehead atoms. The van der Waals surface area contributed by atoms with Crippen molar-refractivity contribution in [1.82, 2.24) is 4.98 Å². The Hall–Kier alpha value is -1.39. The Morgan fingerprint density at radius 3 is 3.06 bits per heavy atom. The molecule has 0 amide bonds. The number of anilines is 1. The number of rotatable bonds is 5. The van der Waals surface area contributed by atoms with Gasteiger partial charge in [-0.25, -0.2) is 0 Å². The molecular weight excluding hydrogens is 220 g/mol. The van der Waals surface area contributed by atoms with Crippen LogP contribution in [0.15, 0.2) is 35.8 Å². The Labute approximate surface area is 99.1 Å². The minimum absolute atomic E-state index is 0.549. The number of pyridine rings is 1. The zero-order valence-electron chi connectivity index (χ0n) is 9.14. The quantitative estimate of drug-likeness (QED) is 0.863. The fourth-order valence-electron chi connectivity index (χ4n) is 1.36. The average molecular weight is 234 g/mol. The molecule has 0 radical (unpaired) electrons. The predicted molar refractivity (Wildman–Crippen MR) is 66.6 cm³/mol. The molecule has 0 saturated carbocycles. The fourth-order valence-corrected chi connectivity index (χ4v) is 2.00. The maximum atomic E-state index is 5.58. The van der Waals surface area contributed by atoms with E-state index in [4.69, 9.17) is 4.74 Å². The second-order valence-corrected chi connectivity index (χ2v) is 4.39. The molecular formula is C12H14N2OS. The standard InChI is InChI=1S/C12H14N2OS/c1-13-10-4-5-14-11(7-10)8-15-9-12-3-2-6-16-12/h2-7H,8-9H2,1H3,(H,13,14). The molecule has 0 unspecified atom stereocenters. The Morgan fingerprint density at radius 1 is 1.38 bits per heavy atom. The number of ether oxygens (including phenoxy) is 1. The summed E-state index contributed by atoms with van der Waals surface area (Å²) in [6.45, 7) is 1.20. The SMILES string of the molecule is CNc1ccnc(COCc2cccs2)c1. The molecule has 0 fully saturated rings. The summed E-state index contributed by atoms with van der Waals surface area (Å²) in [5.41, 5.74) is 2.01. The van der Waals surface area contributed by atoms with Crippen molar-refractivity contribution in [2.24, 2.45) is 0 Å². The van der Waals surface area contributed by atoms with Gasteiger partial charge in [0.2, 0.25) is 0 Å². The van der Waals surface area contributed by atoms with E-state index in [0.29, 0.717) is 13.2 Å². The molecule has 0 aliphatic heterocycles. The third-order valence-corrected chi connectivity index (χ3v) is 3.03. The minimum Gasteiger partial charge on any atom is -0.388 e. The summed E-state index contributed by atoms with van der Waals surface area (Å²) in [4.78, 5) is 5.49. The zero-order valence-corrected chi connectivity index (χ0v) is 9.96. The summed E-state index contributed by atoms with van der Waals surface area (Å²) in [5.74, 6) is 0. The lowest BCUT2D eigenvalue weighted by Crippen LogP contribution is -1.97. The summed E-state index contributed by atoms with van der Waals surface area (Å²) < 4.78 is 5.58. The lowest BCUT2D eigenvalue weighted by Gasteiger charge is -2.04. The zero-order chi connectivity index (χ0) is 11.2. The van der Waals surface area contributed by atoms with Gasteiger partial charge in [0.15, 0.2) is 0 Å². The Morgan fingerprint density at radius 2 is 2.31 bits per heavy atom. The van der Waals surface area contributed by atoms with Gasteiger partial charge in [-0.3, -0.25) is 4.98 Å². The molecule has 0 atom stereocenters. The van der Waals surface area contributed by atoms with E-state index in [-0.39, 0.29) is 0 Å². The van der Waals surface area contributed by atoms with E-state index in [1.807, 2.05) is 25.2 Å². The Bertz CT molecular complexity index is 428. The van der Waals surface area contributed by atoms with Gasteiger partial charge >= 0.3 is 0 Å².